The fourth-order valence-corrected chi connectivity index (χ4v) is 2.11. The number of amidine groups is 1. The summed E-state index contributed by atoms with van der Waals surface area (Å²) in [6, 6.07) is 10.3. The maximum atomic E-state index is 11.7. The summed E-state index contributed by atoms with van der Waals surface area (Å²) < 4.78 is 0. The maximum Gasteiger partial charge on any atom is 0.309 e. The summed E-state index contributed by atoms with van der Waals surface area (Å²) in [5, 5.41) is 0. The first kappa shape index (κ1) is 14.7. The number of halogens is 1. The number of carbonyl (C=O) groups is 1. The highest BCUT2D eigenvalue weighted by Gasteiger charge is 2.33. The molecule has 1 aliphatic rings. The van der Waals surface area contributed by atoms with E-state index in [1.807, 2.05) is 23.1 Å². The predicted octanol–water partition coefficient (Wildman–Crippen LogP) is -2.30. The number of nitrogens with zero attached hydrogens (tertiary/aromatic N) is 1. The molecule has 0 bridgehead atoms. The first-order valence-corrected chi connectivity index (χ1v) is 6.25. The van der Waals surface area contributed by atoms with Gasteiger partial charge in [-0.2, -0.15) is 0 Å². The number of hydrogen-bond donors (Lipinski definition) is 1. The molecule has 98 valence electrons. The van der Waals surface area contributed by atoms with Crippen LogP contribution >= 0.6 is 0 Å². The number of carbonyl (C=O) groups excluding carboxylic acids is 1. The normalized spacial score (nSPS) is 17.1. The summed E-state index contributed by atoms with van der Waals surface area (Å²) in [7, 11) is 0. The minimum absolute atomic E-state index is 0. The van der Waals surface area contributed by atoms with Crippen LogP contribution in [0.1, 0.15) is 31.7 Å². The minimum atomic E-state index is 0. The number of likely N-dealkylation sites (tertiary alicyclic amines) is 1. The smallest absolute Gasteiger partial charge is 0.309 e. The van der Waals surface area contributed by atoms with Gasteiger partial charge in [-0.25, -0.2) is 9.69 Å². The fourth-order valence-electron chi connectivity index (χ4n) is 2.11. The zero-order valence-corrected chi connectivity index (χ0v) is 11.4. The Balaban J connectivity index is 0.00000162. The van der Waals surface area contributed by atoms with E-state index in [4.69, 9.17) is 0 Å². The van der Waals surface area contributed by atoms with E-state index in [0.717, 1.165) is 31.8 Å². The van der Waals surface area contributed by atoms with Gasteiger partial charge in [0.15, 0.2) is 0 Å². The molecule has 0 spiro atoms. The van der Waals surface area contributed by atoms with E-state index in [0.29, 0.717) is 6.42 Å². The van der Waals surface area contributed by atoms with Gasteiger partial charge < -0.3 is 12.4 Å². The molecule has 1 aromatic rings. The molecule has 0 aromatic heterocycles. The summed E-state index contributed by atoms with van der Waals surface area (Å²) in [4.78, 5) is 16.9. The molecule has 1 saturated heterocycles. The second-order valence-electron chi connectivity index (χ2n) is 4.33. The van der Waals surface area contributed by atoms with Crippen molar-refractivity contribution in [3.8, 4) is 0 Å². The Bertz CT molecular complexity index is 417. The molecule has 2 rings (SSSR count). The van der Waals surface area contributed by atoms with Crippen LogP contribution in [0, 0.1) is 0 Å². The van der Waals surface area contributed by atoms with E-state index < -0.39 is 0 Å². The van der Waals surface area contributed by atoms with Crippen LogP contribution in [0.2, 0.25) is 0 Å². The number of benzene rings is 1. The summed E-state index contributed by atoms with van der Waals surface area (Å²) in [5.41, 5.74) is 1.25. The average Bonchev–Trinajstić information content (AvgIpc) is 2.70. The monoisotopic (exact) mass is 266 g/mol. The van der Waals surface area contributed by atoms with Crippen LogP contribution in [0.4, 0.5) is 0 Å². The maximum absolute atomic E-state index is 11.7. The summed E-state index contributed by atoms with van der Waals surface area (Å²) in [5.74, 6) is 1.34. The molecule has 1 heterocycles. The van der Waals surface area contributed by atoms with Crippen LogP contribution in [0.5, 0.6) is 0 Å². The molecule has 1 aromatic carbocycles. The van der Waals surface area contributed by atoms with E-state index in [1.54, 1.807) is 0 Å². The van der Waals surface area contributed by atoms with Crippen molar-refractivity contribution in [1.82, 2.24) is 4.90 Å². The number of rotatable bonds is 4. The average molecular weight is 267 g/mol. The van der Waals surface area contributed by atoms with Crippen molar-refractivity contribution in [2.75, 3.05) is 6.54 Å². The van der Waals surface area contributed by atoms with E-state index in [9.17, 15) is 4.79 Å². The molecule has 18 heavy (non-hydrogen) atoms. The SMILES string of the molecule is CCCN1C(=O)CCC1=[NH+]Cc1ccccc1.[Cl-]. The van der Waals surface area contributed by atoms with Gasteiger partial charge in [-0.1, -0.05) is 37.3 Å². The van der Waals surface area contributed by atoms with Crippen LogP contribution in [-0.4, -0.2) is 23.2 Å². The predicted molar refractivity (Wildman–Crippen MR) is 67.4 cm³/mol. The molecule has 0 atom stereocenters. The van der Waals surface area contributed by atoms with E-state index in [-0.39, 0.29) is 18.3 Å². The van der Waals surface area contributed by atoms with Crippen LogP contribution in [0.3, 0.4) is 0 Å². The van der Waals surface area contributed by atoms with Crippen molar-refractivity contribution < 1.29 is 22.2 Å². The standard InChI is InChI=1S/C14H18N2O.ClH/c1-2-10-16-13(8-9-14(16)17)15-11-12-6-4-3-5-7-12;/h3-7H,2,8-11H2,1H3;1H. The number of hydrogen-bond acceptors (Lipinski definition) is 1. The van der Waals surface area contributed by atoms with E-state index in [2.05, 4.69) is 24.0 Å². The Labute approximate surface area is 114 Å². The lowest BCUT2D eigenvalue weighted by atomic mass is 10.2. The van der Waals surface area contributed by atoms with Gasteiger partial charge in [0.2, 0.25) is 0 Å². The van der Waals surface area contributed by atoms with E-state index >= 15 is 0 Å². The Morgan fingerprint density at radius 3 is 2.61 bits per heavy atom. The minimum Gasteiger partial charge on any atom is -1.00 e. The quantitative estimate of drug-likeness (QED) is 0.654. The largest absolute Gasteiger partial charge is 1.00 e. The molecular formula is C14H19ClN2O. The van der Waals surface area contributed by atoms with E-state index in [1.165, 1.54) is 5.56 Å². The molecule has 3 nitrogen and oxygen atoms in total. The lowest BCUT2D eigenvalue weighted by Crippen LogP contribution is -3.00. The van der Waals surface area contributed by atoms with Crippen LogP contribution < -0.4 is 17.4 Å². The molecule has 1 aliphatic heterocycles. The molecular weight excluding hydrogens is 248 g/mol. The lowest BCUT2D eigenvalue weighted by Gasteiger charge is -2.07. The van der Waals surface area contributed by atoms with Gasteiger partial charge in [-0.05, 0) is 12.0 Å². The first-order chi connectivity index (χ1) is 8.31. The Kier molecular flexibility index (Phi) is 5.86. The first-order valence-electron chi connectivity index (χ1n) is 6.25. The van der Waals surface area contributed by atoms with Crippen molar-refractivity contribution >= 4 is 11.7 Å². The van der Waals surface area contributed by atoms with Gasteiger partial charge in [0.1, 0.15) is 6.54 Å². The van der Waals surface area contributed by atoms with Crippen molar-refractivity contribution in [1.29, 1.82) is 0 Å². The zero-order chi connectivity index (χ0) is 12.1. The second kappa shape index (κ2) is 7.17. The van der Waals surface area contributed by atoms with Gasteiger partial charge in [0.05, 0.1) is 19.4 Å². The van der Waals surface area contributed by atoms with Gasteiger partial charge in [0, 0.05) is 0 Å². The van der Waals surface area contributed by atoms with Crippen molar-refractivity contribution in [2.45, 2.75) is 32.7 Å². The second-order valence-corrected chi connectivity index (χ2v) is 4.33. The molecule has 1 N–H and O–H groups in total. The Morgan fingerprint density at radius 1 is 1.22 bits per heavy atom. The van der Waals surface area contributed by atoms with Crippen molar-refractivity contribution in [3.63, 3.8) is 0 Å². The third kappa shape index (κ3) is 3.57. The highest BCUT2D eigenvalue weighted by Crippen LogP contribution is 2.10. The Morgan fingerprint density at radius 2 is 1.94 bits per heavy atom. The van der Waals surface area contributed by atoms with Gasteiger partial charge in [-0.3, -0.25) is 4.99 Å². The topological polar surface area (TPSA) is 34.3 Å². The van der Waals surface area contributed by atoms with Crippen molar-refractivity contribution in [3.05, 3.63) is 35.9 Å². The van der Waals surface area contributed by atoms with Crippen LogP contribution in [0.15, 0.2) is 30.3 Å². The molecule has 0 unspecified atom stereocenters. The molecule has 1 amide bonds. The van der Waals surface area contributed by atoms with Crippen LogP contribution in [-0.2, 0) is 11.3 Å². The molecule has 0 radical (unpaired) electrons. The third-order valence-corrected chi connectivity index (χ3v) is 2.99. The third-order valence-electron chi connectivity index (χ3n) is 2.99. The molecule has 1 fully saturated rings. The summed E-state index contributed by atoms with van der Waals surface area (Å²) >= 11 is 0. The highest BCUT2D eigenvalue weighted by atomic mass is 35.5. The summed E-state index contributed by atoms with van der Waals surface area (Å²) in [6.45, 7) is 3.72. The van der Waals surface area contributed by atoms with Gasteiger partial charge in [-0.15, -0.1) is 0 Å². The van der Waals surface area contributed by atoms with Gasteiger partial charge in [0.25, 0.3) is 5.84 Å². The zero-order valence-electron chi connectivity index (χ0n) is 10.7. The molecule has 0 saturated carbocycles. The number of amides is 1. The molecule has 4 heteroatoms. The van der Waals surface area contributed by atoms with Crippen LogP contribution in [0.25, 0.3) is 0 Å². The fraction of sp³-hybridized carbons (Fsp3) is 0.429. The van der Waals surface area contributed by atoms with Crippen molar-refractivity contribution in [2.24, 2.45) is 0 Å². The summed E-state index contributed by atoms with van der Waals surface area (Å²) in [6.07, 6.45) is 2.51. The molecule has 0 aliphatic carbocycles. The van der Waals surface area contributed by atoms with Gasteiger partial charge >= 0.3 is 5.91 Å². The Hall–Kier alpha value is -1.35. The highest BCUT2D eigenvalue weighted by molar-refractivity contribution is 6.02. The number of nitrogens with one attached hydrogen (secondary N) is 1. The lowest BCUT2D eigenvalue weighted by molar-refractivity contribution is -0.481.